The molecule has 0 fully saturated rings. The van der Waals surface area contributed by atoms with Gasteiger partial charge in [-0.1, -0.05) is 53.5 Å². The van der Waals surface area contributed by atoms with Crippen molar-refractivity contribution in [2.24, 2.45) is 5.73 Å². The molecular weight excluding hydrogens is 499 g/mol. The maximum atomic E-state index is 13.4. The van der Waals surface area contributed by atoms with E-state index in [1.807, 2.05) is 37.3 Å². The third kappa shape index (κ3) is 7.66. The molecule has 3 rings (SSSR count). The number of aromatic nitrogens is 1. The molecule has 3 aromatic rings. The van der Waals surface area contributed by atoms with Crippen molar-refractivity contribution in [1.82, 2.24) is 4.98 Å². The molecule has 1 aromatic heterocycles. The quantitative estimate of drug-likeness (QED) is 0.359. The van der Waals surface area contributed by atoms with Gasteiger partial charge in [0.15, 0.2) is 0 Å². The first-order chi connectivity index (χ1) is 15.9. The van der Waals surface area contributed by atoms with Gasteiger partial charge in [-0.2, -0.15) is 13.2 Å². The van der Waals surface area contributed by atoms with E-state index in [4.69, 9.17) is 43.6 Å². The fourth-order valence-corrected chi connectivity index (χ4v) is 3.22. The summed E-state index contributed by atoms with van der Waals surface area (Å²) in [6.07, 6.45) is -2.63. The van der Waals surface area contributed by atoms with Crippen LogP contribution in [-0.4, -0.2) is 28.8 Å². The van der Waals surface area contributed by atoms with Gasteiger partial charge in [-0.25, -0.2) is 9.18 Å². The summed E-state index contributed by atoms with van der Waals surface area (Å²) in [5.41, 5.74) is 9.79. The topological polar surface area (TPSA) is 85.4 Å². The van der Waals surface area contributed by atoms with Crippen molar-refractivity contribution in [3.63, 3.8) is 0 Å². The van der Waals surface area contributed by atoms with E-state index in [-0.39, 0.29) is 11.9 Å². The third-order valence-corrected chi connectivity index (χ3v) is 5.26. The third-order valence-electron chi connectivity index (χ3n) is 4.52. The Morgan fingerprint density at radius 1 is 1.03 bits per heavy atom. The number of alkyl halides is 3. The number of aliphatic carboxylic acids is 1. The van der Waals surface area contributed by atoms with Crippen molar-refractivity contribution in [3.8, 4) is 11.1 Å². The lowest BCUT2D eigenvalue weighted by molar-refractivity contribution is -0.192. The minimum absolute atomic E-state index is 0.355. The number of pyridine rings is 1. The lowest BCUT2D eigenvalue weighted by Crippen LogP contribution is -2.22. The normalized spacial score (nSPS) is 12.9. The summed E-state index contributed by atoms with van der Waals surface area (Å²) >= 11 is 12.1. The van der Waals surface area contributed by atoms with Crippen molar-refractivity contribution in [2.45, 2.75) is 25.2 Å². The van der Waals surface area contributed by atoms with Crippen molar-refractivity contribution in [2.75, 3.05) is 6.61 Å². The SMILES string of the molecule is CCO[C@H](c1ccc(-c2cncc(F)c2)cc1)[C@@H](N)c1ccc(Cl)c(Cl)c1.O=C(O)C(F)(F)F. The number of ether oxygens (including phenoxy) is 1. The van der Waals surface area contributed by atoms with Gasteiger partial charge in [0.2, 0.25) is 0 Å². The van der Waals surface area contributed by atoms with Crippen LogP contribution < -0.4 is 5.73 Å². The van der Waals surface area contributed by atoms with Crippen molar-refractivity contribution < 1.29 is 32.2 Å². The smallest absolute Gasteiger partial charge is 0.475 e. The van der Waals surface area contributed by atoms with Crippen LogP contribution in [0.2, 0.25) is 10.0 Å². The molecule has 0 spiro atoms. The van der Waals surface area contributed by atoms with Crippen LogP contribution in [0.1, 0.15) is 30.2 Å². The molecule has 2 atom stereocenters. The number of carboxylic acid groups (broad SMARTS) is 1. The van der Waals surface area contributed by atoms with E-state index in [1.165, 1.54) is 12.3 Å². The molecule has 0 saturated carbocycles. The van der Waals surface area contributed by atoms with E-state index < -0.39 is 18.2 Å². The molecular formula is C23H20Cl2F4N2O3. The Hall–Kier alpha value is -2.72. The van der Waals surface area contributed by atoms with E-state index in [2.05, 4.69) is 4.98 Å². The van der Waals surface area contributed by atoms with Crippen LogP contribution in [0, 0.1) is 5.82 Å². The van der Waals surface area contributed by atoms with Gasteiger partial charge < -0.3 is 15.6 Å². The Morgan fingerprint density at radius 3 is 2.12 bits per heavy atom. The van der Waals surface area contributed by atoms with Crippen LogP contribution in [0.3, 0.4) is 0 Å². The lowest BCUT2D eigenvalue weighted by atomic mass is 9.95. The number of carboxylic acids is 1. The molecule has 1 heterocycles. The zero-order valence-corrected chi connectivity index (χ0v) is 19.2. The first kappa shape index (κ1) is 27.5. The lowest BCUT2D eigenvalue weighted by Gasteiger charge is -2.25. The monoisotopic (exact) mass is 518 g/mol. The minimum Gasteiger partial charge on any atom is -0.475 e. The van der Waals surface area contributed by atoms with Crippen LogP contribution in [0.25, 0.3) is 11.1 Å². The van der Waals surface area contributed by atoms with Gasteiger partial charge >= 0.3 is 12.1 Å². The molecule has 0 bridgehead atoms. The number of rotatable bonds is 6. The molecule has 0 aliphatic carbocycles. The summed E-state index contributed by atoms with van der Waals surface area (Å²) in [7, 11) is 0. The molecule has 3 N–H and O–H groups in total. The largest absolute Gasteiger partial charge is 0.490 e. The van der Waals surface area contributed by atoms with E-state index in [9.17, 15) is 17.6 Å². The summed E-state index contributed by atoms with van der Waals surface area (Å²) in [6, 6.07) is 14.0. The maximum Gasteiger partial charge on any atom is 0.490 e. The van der Waals surface area contributed by atoms with Gasteiger partial charge in [0.05, 0.1) is 22.3 Å². The average molecular weight is 519 g/mol. The predicted octanol–water partition coefficient (Wildman–Crippen LogP) is 6.61. The number of hydrogen-bond donors (Lipinski definition) is 2. The van der Waals surface area contributed by atoms with Gasteiger partial charge in [0.25, 0.3) is 0 Å². The Labute approximate surface area is 203 Å². The molecule has 0 unspecified atom stereocenters. The standard InChI is InChI=1S/C21H19Cl2FN2O.C2HF3O2/c1-2-27-21(20(25)15-7-8-18(22)19(23)10-15)14-5-3-13(4-6-14)16-9-17(24)12-26-11-16;3-2(4,5)1(6)7/h3-12,20-21H,2,25H2,1H3;(H,6,7)/t20-,21+;/m0./s1. The van der Waals surface area contributed by atoms with Crippen molar-refractivity contribution in [1.29, 1.82) is 0 Å². The first-order valence-electron chi connectivity index (χ1n) is 9.77. The van der Waals surface area contributed by atoms with Gasteiger partial charge in [0, 0.05) is 18.4 Å². The molecule has 0 aliphatic heterocycles. The van der Waals surface area contributed by atoms with E-state index in [0.29, 0.717) is 22.2 Å². The number of halogens is 6. The average Bonchev–Trinajstić information content (AvgIpc) is 2.79. The molecule has 0 saturated heterocycles. The van der Waals surface area contributed by atoms with Gasteiger partial charge in [0.1, 0.15) is 11.9 Å². The molecule has 34 heavy (non-hydrogen) atoms. The summed E-state index contributed by atoms with van der Waals surface area (Å²) < 4.78 is 51.0. The molecule has 5 nitrogen and oxygen atoms in total. The van der Waals surface area contributed by atoms with Gasteiger partial charge in [-0.15, -0.1) is 0 Å². The second-order valence-corrected chi connectivity index (χ2v) is 7.71. The molecule has 0 aliphatic rings. The number of nitrogens with two attached hydrogens (primary N) is 1. The highest BCUT2D eigenvalue weighted by molar-refractivity contribution is 6.42. The molecule has 2 aromatic carbocycles. The van der Waals surface area contributed by atoms with Crippen LogP contribution in [0.15, 0.2) is 60.9 Å². The Morgan fingerprint density at radius 2 is 1.62 bits per heavy atom. The summed E-state index contributed by atoms with van der Waals surface area (Å²) in [6.45, 7) is 2.43. The van der Waals surface area contributed by atoms with Crippen LogP contribution in [0.4, 0.5) is 17.6 Å². The van der Waals surface area contributed by atoms with Gasteiger partial charge in [-0.3, -0.25) is 4.98 Å². The summed E-state index contributed by atoms with van der Waals surface area (Å²) in [5.74, 6) is -3.13. The Balaban J connectivity index is 0.000000509. The van der Waals surface area contributed by atoms with Crippen LogP contribution in [-0.2, 0) is 9.53 Å². The molecule has 0 amide bonds. The first-order valence-corrected chi connectivity index (χ1v) is 10.5. The van der Waals surface area contributed by atoms with Crippen LogP contribution in [0.5, 0.6) is 0 Å². The zero-order chi connectivity index (χ0) is 25.5. The fourth-order valence-electron chi connectivity index (χ4n) is 2.92. The van der Waals surface area contributed by atoms with E-state index in [1.54, 1.807) is 18.3 Å². The maximum absolute atomic E-state index is 13.4. The number of hydrogen-bond acceptors (Lipinski definition) is 4. The second-order valence-electron chi connectivity index (χ2n) is 6.89. The molecule has 182 valence electrons. The highest BCUT2D eigenvalue weighted by Gasteiger charge is 2.38. The van der Waals surface area contributed by atoms with E-state index >= 15 is 0 Å². The van der Waals surface area contributed by atoms with Gasteiger partial charge in [-0.05, 0) is 41.8 Å². The van der Waals surface area contributed by atoms with E-state index in [0.717, 1.165) is 16.7 Å². The number of carbonyl (C=O) groups is 1. The summed E-state index contributed by atoms with van der Waals surface area (Å²) in [5, 5.41) is 8.06. The predicted molar refractivity (Wildman–Crippen MR) is 121 cm³/mol. The highest BCUT2D eigenvalue weighted by Crippen LogP contribution is 2.34. The van der Waals surface area contributed by atoms with Crippen molar-refractivity contribution in [3.05, 3.63) is 87.9 Å². The molecule has 11 heteroatoms. The number of nitrogens with zero attached hydrogens (tertiary/aromatic N) is 1. The van der Waals surface area contributed by atoms with Crippen molar-refractivity contribution >= 4 is 29.2 Å². The zero-order valence-electron chi connectivity index (χ0n) is 17.7. The van der Waals surface area contributed by atoms with Crippen LogP contribution >= 0.6 is 23.2 Å². The number of benzene rings is 2. The second kappa shape index (κ2) is 12.1. The highest BCUT2D eigenvalue weighted by atomic mass is 35.5. The Bertz CT molecular complexity index is 1110. The minimum atomic E-state index is -5.08. The Kier molecular flexibility index (Phi) is 9.81. The summed E-state index contributed by atoms with van der Waals surface area (Å²) in [4.78, 5) is 12.8. The molecule has 0 radical (unpaired) electrons. The fraction of sp³-hybridized carbons (Fsp3) is 0.217.